The lowest BCUT2D eigenvalue weighted by molar-refractivity contribution is 0.314. The van der Waals surface area contributed by atoms with Gasteiger partial charge in [-0.3, -0.25) is 4.98 Å². The second kappa shape index (κ2) is 4.89. The minimum absolute atomic E-state index is 0.388. The highest BCUT2D eigenvalue weighted by molar-refractivity contribution is 7.09. The second-order valence-corrected chi connectivity index (χ2v) is 5.44. The van der Waals surface area contributed by atoms with Gasteiger partial charge in [-0.2, -0.15) is 0 Å². The molecule has 1 aromatic heterocycles. The first-order valence-electron chi connectivity index (χ1n) is 5.17. The van der Waals surface area contributed by atoms with Crippen molar-refractivity contribution in [3.8, 4) is 0 Å². The number of thiazole rings is 1. The Labute approximate surface area is 90.8 Å². The summed E-state index contributed by atoms with van der Waals surface area (Å²) in [4.78, 5) is 5.40. The van der Waals surface area contributed by atoms with Crippen LogP contribution in [0.1, 0.15) is 45.0 Å². The lowest BCUT2D eigenvalue weighted by Gasteiger charge is -2.25. The SMILES string of the molecule is CCC(C)(C)CNC(C)c1cncs1. The fourth-order valence-electron chi connectivity index (χ4n) is 1.09. The Morgan fingerprint density at radius 2 is 2.29 bits per heavy atom. The van der Waals surface area contributed by atoms with E-state index in [0.29, 0.717) is 11.5 Å². The van der Waals surface area contributed by atoms with Gasteiger partial charge in [-0.15, -0.1) is 11.3 Å². The summed E-state index contributed by atoms with van der Waals surface area (Å²) < 4.78 is 0. The van der Waals surface area contributed by atoms with Gasteiger partial charge in [0.05, 0.1) is 5.51 Å². The van der Waals surface area contributed by atoms with E-state index in [2.05, 4.69) is 38.0 Å². The van der Waals surface area contributed by atoms with E-state index >= 15 is 0 Å². The minimum atomic E-state index is 0.388. The zero-order chi connectivity index (χ0) is 10.6. The van der Waals surface area contributed by atoms with E-state index in [0.717, 1.165) is 6.54 Å². The third kappa shape index (κ3) is 3.39. The van der Waals surface area contributed by atoms with Gasteiger partial charge in [0.2, 0.25) is 0 Å². The van der Waals surface area contributed by atoms with Gasteiger partial charge in [-0.25, -0.2) is 0 Å². The van der Waals surface area contributed by atoms with Crippen molar-refractivity contribution in [1.29, 1.82) is 0 Å². The molecule has 3 heteroatoms. The molecule has 0 bridgehead atoms. The quantitative estimate of drug-likeness (QED) is 0.810. The molecule has 1 heterocycles. The summed E-state index contributed by atoms with van der Waals surface area (Å²) in [5.41, 5.74) is 2.28. The van der Waals surface area contributed by atoms with E-state index in [-0.39, 0.29) is 0 Å². The van der Waals surface area contributed by atoms with Gasteiger partial charge in [-0.05, 0) is 18.8 Å². The fourth-order valence-corrected chi connectivity index (χ4v) is 1.75. The van der Waals surface area contributed by atoms with E-state index in [4.69, 9.17) is 0 Å². The molecule has 0 aliphatic carbocycles. The molecule has 1 rings (SSSR count). The molecular formula is C11H20N2S. The maximum atomic E-state index is 4.09. The third-order valence-electron chi connectivity index (χ3n) is 2.72. The largest absolute Gasteiger partial charge is 0.309 e. The van der Waals surface area contributed by atoms with Gasteiger partial charge in [0.25, 0.3) is 0 Å². The Hall–Kier alpha value is -0.410. The molecule has 0 aliphatic rings. The number of nitrogens with one attached hydrogen (secondary N) is 1. The Morgan fingerprint density at radius 1 is 1.57 bits per heavy atom. The molecule has 1 aromatic rings. The molecule has 0 aromatic carbocycles. The Kier molecular flexibility index (Phi) is 4.08. The highest BCUT2D eigenvalue weighted by atomic mass is 32.1. The molecule has 0 fully saturated rings. The standard InChI is InChI=1S/C11H20N2S/c1-5-11(3,4)7-13-9(2)10-6-12-8-14-10/h6,8-9,13H,5,7H2,1-4H3. The summed E-state index contributed by atoms with van der Waals surface area (Å²) in [5.74, 6) is 0. The molecule has 2 nitrogen and oxygen atoms in total. The Balaban J connectivity index is 2.39. The van der Waals surface area contributed by atoms with Crippen molar-refractivity contribution in [2.75, 3.05) is 6.54 Å². The van der Waals surface area contributed by atoms with Crippen LogP contribution in [0.5, 0.6) is 0 Å². The molecule has 0 aliphatic heterocycles. The number of hydrogen-bond donors (Lipinski definition) is 1. The molecule has 0 radical (unpaired) electrons. The van der Waals surface area contributed by atoms with Gasteiger partial charge in [-0.1, -0.05) is 20.8 Å². The van der Waals surface area contributed by atoms with Crippen LogP contribution in [0.15, 0.2) is 11.7 Å². The second-order valence-electron chi connectivity index (χ2n) is 4.52. The number of rotatable bonds is 5. The third-order valence-corrected chi connectivity index (χ3v) is 3.68. The summed E-state index contributed by atoms with van der Waals surface area (Å²) in [7, 11) is 0. The first-order valence-corrected chi connectivity index (χ1v) is 6.05. The van der Waals surface area contributed by atoms with Crippen molar-refractivity contribution < 1.29 is 0 Å². The molecule has 80 valence electrons. The first kappa shape index (κ1) is 11.7. The van der Waals surface area contributed by atoms with Crippen LogP contribution in [0.3, 0.4) is 0 Å². The lowest BCUT2D eigenvalue weighted by Crippen LogP contribution is -2.30. The van der Waals surface area contributed by atoms with Crippen LogP contribution < -0.4 is 5.32 Å². The van der Waals surface area contributed by atoms with Crippen LogP contribution in [0.4, 0.5) is 0 Å². The number of aromatic nitrogens is 1. The van der Waals surface area contributed by atoms with Crippen molar-refractivity contribution in [3.63, 3.8) is 0 Å². The van der Waals surface area contributed by atoms with Crippen LogP contribution in [0.25, 0.3) is 0 Å². The lowest BCUT2D eigenvalue weighted by atomic mass is 9.90. The maximum absolute atomic E-state index is 4.09. The molecule has 1 N–H and O–H groups in total. The molecule has 0 saturated carbocycles. The zero-order valence-corrected chi connectivity index (χ0v) is 10.3. The average molecular weight is 212 g/mol. The van der Waals surface area contributed by atoms with Gasteiger partial charge in [0.1, 0.15) is 0 Å². The smallest absolute Gasteiger partial charge is 0.0794 e. The molecule has 0 saturated heterocycles. The van der Waals surface area contributed by atoms with Crippen molar-refractivity contribution in [3.05, 3.63) is 16.6 Å². The molecule has 14 heavy (non-hydrogen) atoms. The van der Waals surface area contributed by atoms with Crippen molar-refractivity contribution in [1.82, 2.24) is 10.3 Å². The first-order chi connectivity index (χ1) is 6.55. The predicted octanol–water partition coefficient (Wildman–Crippen LogP) is 3.23. The topological polar surface area (TPSA) is 24.9 Å². The van der Waals surface area contributed by atoms with Crippen LogP contribution in [-0.2, 0) is 0 Å². The highest BCUT2D eigenvalue weighted by Gasteiger charge is 2.16. The summed E-state index contributed by atoms with van der Waals surface area (Å²) in [6.45, 7) is 10.1. The maximum Gasteiger partial charge on any atom is 0.0794 e. The van der Waals surface area contributed by atoms with E-state index in [1.54, 1.807) is 11.3 Å². The van der Waals surface area contributed by atoms with Gasteiger partial charge in [0, 0.05) is 23.7 Å². The Bertz CT molecular complexity index is 254. The van der Waals surface area contributed by atoms with Crippen molar-refractivity contribution in [2.24, 2.45) is 5.41 Å². The number of hydrogen-bond acceptors (Lipinski definition) is 3. The van der Waals surface area contributed by atoms with E-state index < -0.39 is 0 Å². The van der Waals surface area contributed by atoms with Gasteiger partial charge < -0.3 is 5.32 Å². The summed E-state index contributed by atoms with van der Waals surface area (Å²) in [5, 5.41) is 3.55. The normalized spacial score (nSPS) is 14.3. The van der Waals surface area contributed by atoms with Gasteiger partial charge in [0.15, 0.2) is 0 Å². The minimum Gasteiger partial charge on any atom is -0.309 e. The zero-order valence-electron chi connectivity index (χ0n) is 9.50. The van der Waals surface area contributed by atoms with Crippen LogP contribution in [0.2, 0.25) is 0 Å². The monoisotopic (exact) mass is 212 g/mol. The average Bonchev–Trinajstić information content (AvgIpc) is 2.67. The summed E-state index contributed by atoms with van der Waals surface area (Å²) in [6.07, 6.45) is 3.15. The van der Waals surface area contributed by atoms with Crippen LogP contribution in [0, 0.1) is 5.41 Å². The van der Waals surface area contributed by atoms with Crippen molar-refractivity contribution in [2.45, 2.75) is 40.2 Å². The van der Waals surface area contributed by atoms with E-state index in [9.17, 15) is 0 Å². The van der Waals surface area contributed by atoms with E-state index in [1.807, 2.05) is 11.7 Å². The van der Waals surface area contributed by atoms with Crippen LogP contribution >= 0.6 is 11.3 Å². The molecule has 1 atom stereocenters. The summed E-state index contributed by atoms with van der Waals surface area (Å²) in [6, 6.07) is 0.424. The van der Waals surface area contributed by atoms with Crippen LogP contribution in [-0.4, -0.2) is 11.5 Å². The molecule has 0 spiro atoms. The van der Waals surface area contributed by atoms with Gasteiger partial charge >= 0.3 is 0 Å². The molecule has 1 unspecified atom stereocenters. The fraction of sp³-hybridized carbons (Fsp3) is 0.727. The molecular weight excluding hydrogens is 192 g/mol. The predicted molar refractivity (Wildman–Crippen MR) is 62.6 cm³/mol. The highest BCUT2D eigenvalue weighted by Crippen LogP contribution is 2.21. The number of nitrogens with zero attached hydrogens (tertiary/aromatic N) is 1. The molecule has 0 amide bonds. The van der Waals surface area contributed by atoms with E-state index in [1.165, 1.54) is 11.3 Å². The van der Waals surface area contributed by atoms with Crippen molar-refractivity contribution >= 4 is 11.3 Å². The summed E-state index contributed by atoms with van der Waals surface area (Å²) >= 11 is 1.72. The Morgan fingerprint density at radius 3 is 2.79 bits per heavy atom.